The molecule has 0 aliphatic carbocycles. The Balaban J connectivity index is 1.42. The topological polar surface area (TPSA) is 118 Å². The zero-order chi connectivity index (χ0) is 28.4. The molecule has 40 heavy (non-hydrogen) atoms. The predicted octanol–water partition coefficient (Wildman–Crippen LogP) is 3.63. The van der Waals surface area contributed by atoms with Gasteiger partial charge in [-0.3, -0.25) is 4.79 Å². The zero-order valence-corrected chi connectivity index (χ0v) is 22.9. The Kier molecular flexibility index (Phi) is 7.31. The van der Waals surface area contributed by atoms with Crippen LogP contribution >= 0.6 is 0 Å². The Labute approximate surface area is 231 Å². The monoisotopic (exact) mass is 543 g/mol. The van der Waals surface area contributed by atoms with E-state index in [0.717, 1.165) is 24.5 Å². The minimum absolute atomic E-state index is 0.230. The van der Waals surface area contributed by atoms with Crippen LogP contribution in [0, 0.1) is 0 Å². The minimum atomic E-state index is -1.05. The van der Waals surface area contributed by atoms with Crippen LogP contribution in [-0.4, -0.2) is 68.7 Å². The fourth-order valence-electron chi connectivity index (χ4n) is 4.82. The number of amides is 1. The molecule has 2 aromatic carbocycles. The molecule has 0 saturated carbocycles. The van der Waals surface area contributed by atoms with Gasteiger partial charge in [0.25, 0.3) is 5.56 Å². The standard InChI is InChI=1S/C29H33N7O4/c1-5-13-35-26(37)24-19-30-27(32-25(24)36(35)23-8-6-7-20(18-23)29(2,3)39)31-21-9-11-22(12-10-21)33-14-16-34(17-15-33)28(38)40-4/h5-12,18-19,39H,1,13-17H2,2-4H3,(H,30,31,32). The van der Waals surface area contributed by atoms with Crippen molar-refractivity contribution in [3.05, 3.63) is 83.3 Å². The van der Waals surface area contributed by atoms with E-state index in [0.29, 0.717) is 41.3 Å². The van der Waals surface area contributed by atoms with Crippen LogP contribution in [0.4, 0.5) is 22.1 Å². The number of nitrogens with one attached hydrogen (secondary N) is 1. The van der Waals surface area contributed by atoms with Crippen LogP contribution in [-0.2, 0) is 16.9 Å². The maximum Gasteiger partial charge on any atom is 0.409 e. The van der Waals surface area contributed by atoms with Gasteiger partial charge in [0.15, 0.2) is 5.65 Å². The highest BCUT2D eigenvalue weighted by Crippen LogP contribution is 2.25. The van der Waals surface area contributed by atoms with E-state index < -0.39 is 5.60 Å². The summed E-state index contributed by atoms with van der Waals surface area (Å²) in [6, 6.07) is 15.3. The molecular weight excluding hydrogens is 510 g/mol. The molecule has 11 nitrogen and oxygen atoms in total. The lowest BCUT2D eigenvalue weighted by atomic mass is 9.98. The van der Waals surface area contributed by atoms with Gasteiger partial charge >= 0.3 is 6.09 Å². The summed E-state index contributed by atoms with van der Waals surface area (Å²) in [4.78, 5) is 38.0. The lowest BCUT2D eigenvalue weighted by Gasteiger charge is -2.35. The van der Waals surface area contributed by atoms with Gasteiger partial charge in [-0.2, -0.15) is 4.98 Å². The minimum Gasteiger partial charge on any atom is -0.453 e. The van der Waals surface area contributed by atoms with Gasteiger partial charge in [0.1, 0.15) is 5.39 Å². The Hall–Kier alpha value is -4.64. The number of hydrogen-bond donors (Lipinski definition) is 2. The molecule has 11 heteroatoms. The van der Waals surface area contributed by atoms with E-state index in [1.807, 2.05) is 48.5 Å². The van der Waals surface area contributed by atoms with Gasteiger partial charge in [0.05, 0.1) is 24.9 Å². The molecule has 0 radical (unpaired) electrons. The fourth-order valence-corrected chi connectivity index (χ4v) is 4.82. The summed E-state index contributed by atoms with van der Waals surface area (Å²) in [6.45, 7) is 10.2. The number of anilines is 3. The first kappa shape index (κ1) is 26.9. The van der Waals surface area contributed by atoms with Crippen LogP contribution in [0.3, 0.4) is 0 Å². The summed E-state index contributed by atoms with van der Waals surface area (Å²) in [7, 11) is 1.40. The first-order valence-corrected chi connectivity index (χ1v) is 13.1. The highest BCUT2D eigenvalue weighted by molar-refractivity contribution is 5.77. The van der Waals surface area contributed by atoms with E-state index in [2.05, 4.69) is 21.8 Å². The number of piperazine rings is 1. The molecule has 1 aliphatic heterocycles. The van der Waals surface area contributed by atoms with Gasteiger partial charge in [0.2, 0.25) is 5.95 Å². The molecule has 208 valence electrons. The first-order chi connectivity index (χ1) is 19.2. The average Bonchev–Trinajstić information content (AvgIpc) is 3.23. The summed E-state index contributed by atoms with van der Waals surface area (Å²) < 4.78 is 8.10. The third-order valence-electron chi connectivity index (χ3n) is 6.98. The molecule has 1 aliphatic rings. The summed E-state index contributed by atoms with van der Waals surface area (Å²) in [5.41, 5.74) is 2.40. The quantitative estimate of drug-likeness (QED) is 0.340. The second kappa shape index (κ2) is 10.9. The van der Waals surface area contributed by atoms with Crippen LogP contribution in [0.15, 0.2) is 72.2 Å². The van der Waals surface area contributed by atoms with E-state index in [9.17, 15) is 14.7 Å². The second-order valence-electron chi connectivity index (χ2n) is 10.1. The number of rotatable bonds is 7. The van der Waals surface area contributed by atoms with E-state index in [1.165, 1.54) is 13.3 Å². The predicted molar refractivity (Wildman–Crippen MR) is 154 cm³/mol. The van der Waals surface area contributed by atoms with Crippen molar-refractivity contribution in [2.75, 3.05) is 43.5 Å². The molecule has 0 bridgehead atoms. The number of carbonyl (C=O) groups excluding carboxylic acids is 1. The molecule has 3 heterocycles. The molecule has 0 unspecified atom stereocenters. The Morgan fingerprint density at radius 3 is 2.50 bits per heavy atom. The number of nitrogens with zero attached hydrogens (tertiary/aromatic N) is 6. The van der Waals surface area contributed by atoms with Crippen LogP contribution in [0.2, 0.25) is 0 Å². The molecule has 1 fully saturated rings. The van der Waals surface area contributed by atoms with Crippen molar-refractivity contribution in [1.82, 2.24) is 24.2 Å². The molecule has 4 aromatic rings. The highest BCUT2D eigenvalue weighted by atomic mass is 16.5. The largest absolute Gasteiger partial charge is 0.453 e. The van der Waals surface area contributed by atoms with Gasteiger partial charge in [-0.1, -0.05) is 18.2 Å². The summed E-state index contributed by atoms with van der Waals surface area (Å²) in [5, 5.41) is 14.2. The van der Waals surface area contributed by atoms with Crippen molar-refractivity contribution in [2.24, 2.45) is 0 Å². The lowest BCUT2D eigenvalue weighted by molar-refractivity contribution is 0.0785. The number of aliphatic hydroxyl groups is 1. The van der Waals surface area contributed by atoms with E-state index in [1.54, 1.807) is 34.2 Å². The SMILES string of the molecule is C=CCn1c(=O)c2cnc(Nc3ccc(N4CCN(C(=O)OC)CC4)cc3)nc2n1-c1cccc(C(C)(C)O)c1. The number of ether oxygens (including phenoxy) is 1. The highest BCUT2D eigenvalue weighted by Gasteiger charge is 2.22. The van der Waals surface area contributed by atoms with Gasteiger partial charge in [-0.25, -0.2) is 19.1 Å². The molecule has 2 aromatic heterocycles. The number of benzene rings is 2. The second-order valence-corrected chi connectivity index (χ2v) is 10.1. The number of aromatic nitrogens is 4. The number of carbonyl (C=O) groups is 1. The van der Waals surface area contributed by atoms with E-state index >= 15 is 0 Å². The Bertz CT molecular complexity index is 1590. The summed E-state index contributed by atoms with van der Waals surface area (Å²) in [5.74, 6) is 0.343. The number of hydrogen-bond acceptors (Lipinski definition) is 8. The Morgan fingerprint density at radius 2 is 1.85 bits per heavy atom. The molecule has 0 spiro atoms. The molecule has 0 atom stereocenters. The van der Waals surface area contributed by atoms with Crippen molar-refractivity contribution in [3.63, 3.8) is 0 Å². The van der Waals surface area contributed by atoms with Gasteiger partial charge in [0, 0.05) is 43.8 Å². The number of fused-ring (bicyclic) bond motifs is 1. The fraction of sp³-hybridized carbons (Fsp3) is 0.310. The zero-order valence-electron chi connectivity index (χ0n) is 22.9. The third-order valence-corrected chi connectivity index (χ3v) is 6.98. The van der Waals surface area contributed by atoms with Gasteiger partial charge < -0.3 is 25.0 Å². The normalized spacial score (nSPS) is 13.9. The van der Waals surface area contributed by atoms with Gasteiger partial charge in [-0.15, -0.1) is 6.58 Å². The number of allylic oxidation sites excluding steroid dienone is 1. The van der Waals surface area contributed by atoms with E-state index in [-0.39, 0.29) is 18.2 Å². The van der Waals surface area contributed by atoms with Gasteiger partial charge in [-0.05, 0) is 55.8 Å². The van der Waals surface area contributed by atoms with Crippen molar-refractivity contribution in [1.29, 1.82) is 0 Å². The van der Waals surface area contributed by atoms with E-state index in [4.69, 9.17) is 9.72 Å². The molecule has 2 N–H and O–H groups in total. The van der Waals surface area contributed by atoms with Crippen molar-refractivity contribution in [2.45, 2.75) is 26.0 Å². The molecule has 1 saturated heterocycles. The maximum absolute atomic E-state index is 13.2. The number of methoxy groups -OCH3 is 1. The molecular formula is C29H33N7O4. The third kappa shape index (κ3) is 5.28. The first-order valence-electron chi connectivity index (χ1n) is 13.1. The molecule has 5 rings (SSSR count). The van der Waals surface area contributed by atoms with Crippen molar-refractivity contribution in [3.8, 4) is 5.69 Å². The molecule has 1 amide bonds. The lowest BCUT2D eigenvalue weighted by Crippen LogP contribution is -2.48. The average molecular weight is 544 g/mol. The van der Waals surface area contributed by atoms with Crippen molar-refractivity contribution >= 4 is 34.4 Å². The summed E-state index contributed by atoms with van der Waals surface area (Å²) >= 11 is 0. The van der Waals surface area contributed by atoms with Crippen LogP contribution in [0.25, 0.3) is 16.7 Å². The smallest absolute Gasteiger partial charge is 0.409 e. The summed E-state index contributed by atoms with van der Waals surface area (Å²) in [6.07, 6.45) is 2.88. The maximum atomic E-state index is 13.2. The van der Waals surface area contributed by atoms with Crippen LogP contribution in [0.5, 0.6) is 0 Å². The van der Waals surface area contributed by atoms with Crippen LogP contribution < -0.4 is 15.8 Å². The van der Waals surface area contributed by atoms with Crippen molar-refractivity contribution < 1.29 is 14.6 Å². The Morgan fingerprint density at radius 1 is 1.12 bits per heavy atom. The van der Waals surface area contributed by atoms with Crippen LogP contribution in [0.1, 0.15) is 19.4 Å².